The molecule has 2 N–H and O–H groups in total. The minimum atomic E-state index is 0.0538. The number of nitrogens with zero attached hydrogens (tertiary/aromatic N) is 3. The number of methoxy groups -OCH3 is 1. The molecule has 0 unspecified atom stereocenters. The Labute approximate surface area is 179 Å². The number of guanidine groups is 1. The van der Waals surface area contributed by atoms with Crippen LogP contribution in [0, 0.1) is 0 Å². The largest absolute Gasteiger partial charge is 0.383 e. The number of benzene rings is 2. The fourth-order valence-electron chi connectivity index (χ4n) is 3.82. The molecular formula is C23H33N5O2. The number of nitrogens with one attached hydrogen (secondary N) is 2. The van der Waals surface area contributed by atoms with Gasteiger partial charge in [0, 0.05) is 53.4 Å². The van der Waals surface area contributed by atoms with Crippen LogP contribution < -0.4 is 10.6 Å². The maximum Gasteiger partial charge on any atom is 0.234 e. The molecule has 0 bridgehead atoms. The molecule has 2 aromatic carbocycles. The van der Waals surface area contributed by atoms with E-state index in [2.05, 4.69) is 67.9 Å². The first-order valence-electron chi connectivity index (χ1n) is 10.6. The molecule has 162 valence electrons. The molecule has 0 aromatic heterocycles. The van der Waals surface area contributed by atoms with Crippen molar-refractivity contribution in [3.63, 3.8) is 0 Å². The average molecular weight is 412 g/mol. The van der Waals surface area contributed by atoms with Crippen LogP contribution in [0.1, 0.15) is 5.56 Å². The van der Waals surface area contributed by atoms with Gasteiger partial charge in [-0.2, -0.15) is 0 Å². The number of aliphatic imine (C=N–C) groups is 1. The number of ether oxygens (including phenoxy) is 1. The Morgan fingerprint density at radius 3 is 2.57 bits per heavy atom. The number of carbonyl (C=O) groups excluding carboxylic acids is 1. The van der Waals surface area contributed by atoms with E-state index in [1.165, 1.54) is 16.3 Å². The second kappa shape index (κ2) is 11.5. The lowest BCUT2D eigenvalue weighted by atomic mass is 10.0. The number of fused-ring (bicyclic) bond motifs is 1. The summed E-state index contributed by atoms with van der Waals surface area (Å²) in [6.07, 6.45) is 0.946. The van der Waals surface area contributed by atoms with Crippen molar-refractivity contribution in [1.29, 1.82) is 0 Å². The first-order chi connectivity index (χ1) is 14.7. The first-order valence-corrected chi connectivity index (χ1v) is 10.6. The van der Waals surface area contributed by atoms with E-state index in [0.29, 0.717) is 19.7 Å². The van der Waals surface area contributed by atoms with Crippen LogP contribution in [-0.2, 0) is 16.0 Å². The molecule has 0 atom stereocenters. The molecule has 0 spiro atoms. The molecule has 0 saturated carbocycles. The van der Waals surface area contributed by atoms with Crippen molar-refractivity contribution in [2.24, 2.45) is 4.99 Å². The Morgan fingerprint density at radius 1 is 1.03 bits per heavy atom. The zero-order valence-electron chi connectivity index (χ0n) is 18.1. The third-order valence-corrected chi connectivity index (χ3v) is 5.44. The van der Waals surface area contributed by atoms with Gasteiger partial charge in [0.1, 0.15) is 0 Å². The molecule has 7 nitrogen and oxygen atoms in total. The van der Waals surface area contributed by atoms with Gasteiger partial charge in [0.05, 0.1) is 13.2 Å². The number of hydrogen-bond acceptors (Lipinski definition) is 4. The van der Waals surface area contributed by atoms with Crippen LogP contribution in [0.25, 0.3) is 10.8 Å². The van der Waals surface area contributed by atoms with Crippen molar-refractivity contribution in [1.82, 2.24) is 20.4 Å². The van der Waals surface area contributed by atoms with Gasteiger partial charge in [-0.15, -0.1) is 0 Å². The highest BCUT2D eigenvalue weighted by molar-refractivity contribution is 5.86. The standard InChI is InChI=1S/C23H33N5O2/c1-24-23(26-11-10-20-8-5-7-19-6-3-4-9-21(19)20)28-15-13-27(14-16-28)18-22(29)25-12-17-30-2/h3-9H,10-18H2,1-2H3,(H,24,26)(H,25,29). The minimum Gasteiger partial charge on any atom is -0.383 e. The minimum absolute atomic E-state index is 0.0538. The highest BCUT2D eigenvalue weighted by Crippen LogP contribution is 2.18. The van der Waals surface area contributed by atoms with Crippen LogP contribution in [0.15, 0.2) is 47.5 Å². The van der Waals surface area contributed by atoms with Crippen LogP contribution >= 0.6 is 0 Å². The molecule has 1 amide bonds. The lowest BCUT2D eigenvalue weighted by Gasteiger charge is -2.36. The number of hydrogen-bond donors (Lipinski definition) is 2. The van der Waals surface area contributed by atoms with Gasteiger partial charge >= 0.3 is 0 Å². The maximum absolute atomic E-state index is 12.0. The summed E-state index contributed by atoms with van der Waals surface area (Å²) < 4.78 is 4.96. The molecule has 3 rings (SSSR count). The number of rotatable bonds is 8. The molecule has 1 aliphatic rings. The fraction of sp³-hybridized carbons (Fsp3) is 0.478. The zero-order chi connectivity index (χ0) is 21.2. The second-order valence-corrected chi connectivity index (χ2v) is 7.47. The van der Waals surface area contributed by atoms with E-state index in [1.807, 2.05) is 7.05 Å². The molecule has 1 fully saturated rings. The summed E-state index contributed by atoms with van der Waals surface area (Å²) in [4.78, 5) is 20.9. The van der Waals surface area contributed by atoms with Gasteiger partial charge in [-0.3, -0.25) is 14.7 Å². The van der Waals surface area contributed by atoms with Crippen LogP contribution in [0.5, 0.6) is 0 Å². The highest BCUT2D eigenvalue weighted by atomic mass is 16.5. The lowest BCUT2D eigenvalue weighted by molar-refractivity contribution is -0.122. The van der Waals surface area contributed by atoms with Crippen LogP contribution in [0.2, 0.25) is 0 Å². The topological polar surface area (TPSA) is 69.2 Å². The predicted octanol–water partition coefficient (Wildman–Crippen LogP) is 1.34. The van der Waals surface area contributed by atoms with E-state index in [9.17, 15) is 4.79 Å². The molecular weight excluding hydrogens is 378 g/mol. The summed E-state index contributed by atoms with van der Waals surface area (Å²) in [5.41, 5.74) is 1.35. The molecule has 1 saturated heterocycles. The maximum atomic E-state index is 12.0. The third-order valence-electron chi connectivity index (χ3n) is 5.44. The average Bonchev–Trinajstić information content (AvgIpc) is 2.78. The van der Waals surface area contributed by atoms with Gasteiger partial charge < -0.3 is 20.3 Å². The summed E-state index contributed by atoms with van der Waals surface area (Å²) >= 11 is 0. The zero-order valence-corrected chi connectivity index (χ0v) is 18.1. The molecule has 7 heteroatoms. The smallest absolute Gasteiger partial charge is 0.234 e. The first kappa shape index (κ1) is 22.1. The van der Waals surface area contributed by atoms with E-state index in [4.69, 9.17) is 4.74 Å². The summed E-state index contributed by atoms with van der Waals surface area (Å²) in [6, 6.07) is 15.0. The Bertz CT molecular complexity index is 841. The van der Waals surface area contributed by atoms with Gasteiger partial charge in [-0.05, 0) is 22.8 Å². The van der Waals surface area contributed by atoms with Gasteiger partial charge in [-0.25, -0.2) is 0 Å². The van der Waals surface area contributed by atoms with Crippen molar-refractivity contribution in [2.75, 3.05) is 66.6 Å². The van der Waals surface area contributed by atoms with Gasteiger partial charge in [0.15, 0.2) is 5.96 Å². The van der Waals surface area contributed by atoms with Crippen molar-refractivity contribution in [2.45, 2.75) is 6.42 Å². The van der Waals surface area contributed by atoms with E-state index in [1.54, 1.807) is 7.11 Å². The molecule has 2 aromatic rings. The van der Waals surface area contributed by atoms with Crippen molar-refractivity contribution >= 4 is 22.6 Å². The Kier molecular flexibility index (Phi) is 8.47. The highest BCUT2D eigenvalue weighted by Gasteiger charge is 2.21. The van der Waals surface area contributed by atoms with Crippen molar-refractivity contribution < 1.29 is 9.53 Å². The Morgan fingerprint density at radius 2 is 1.80 bits per heavy atom. The van der Waals surface area contributed by atoms with E-state index in [0.717, 1.165) is 45.1 Å². The summed E-state index contributed by atoms with van der Waals surface area (Å²) in [7, 11) is 3.46. The SMILES string of the molecule is CN=C(NCCc1cccc2ccccc12)N1CCN(CC(=O)NCCOC)CC1. The summed E-state index contributed by atoms with van der Waals surface area (Å²) in [5, 5.41) is 8.98. The molecule has 1 aliphatic heterocycles. The van der Waals surface area contributed by atoms with Crippen LogP contribution in [-0.4, -0.2) is 88.2 Å². The van der Waals surface area contributed by atoms with Crippen LogP contribution in [0.3, 0.4) is 0 Å². The molecule has 30 heavy (non-hydrogen) atoms. The third kappa shape index (κ3) is 6.18. The number of carbonyl (C=O) groups is 1. The van der Waals surface area contributed by atoms with E-state index < -0.39 is 0 Å². The fourth-order valence-corrected chi connectivity index (χ4v) is 3.82. The monoisotopic (exact) mass is 411 g/mol. The lowest BCUT2D eigenvalue weighted by Crippen LogP contribution is -2.54. The number of piperazine rings is 1. The summed E-state index contributed by atoms with van der Waals surface area (Å²) in [6.45, 7) is 5.79. The predicted molar refractivity (Wildman–Crippen MR) is 122 cm³/mol. The quantitative estimate of drug-likeness (QED) is 0.390. The molecule has 0 radical (unpaired) electrons. The molecule has 1 heterocycles. The van der Waals surface area contributed by atoms with Gasteiger partial charge in [0.25, 0.3) is 0 Å². The van der Waals surface area contributed by atoms with Gasteiger partial charge in [-0.1, -0.05) is 42.5 Å². The van der Waals surface area contributed by atoms with Crippen LogP contribution in [0.4, 0.5) is 0 Å². The normalized spacial score (nSPS) is 15.4. The van der Waals surface area contributed by atoms with E-state index in [-0.39, 0.29) is 5.91 Å². The second-order valence-electron chi connectivity index (χ2n) is 7.47. The van der Waals surface area contributed by atoms with Gasteiger partial charge in [0.2, 0.25) is 5.91 Å². The number of amides is 1. The Hall–Kier alpha value is -2.64. The Balaban J connectivity index is 1.43. The van der Waals surface area contributed by atoms with E-state index >= 15 is 0 Å². The van der Waals surface area contributed by atoms with Crippen molar-refractivity contribution in [3.05, 3.63) is 48.0 Å². The molecule has 0 aliphatic carbocycles. The van der Waals surface area contributed by atoms with Crippen molar-refractivity contribution in [3.8, 4) is 0 Å². The summed E-state index contributed by atoms with van der Waals surface area (Å²) in [5.74, 6) is 0.984.